The Morgan fingerprint density at radius 1 is 1.53 bits per heavy atom. The van der Waals surface area contributed by atoms with Crippen molar-refractivity contribution >= 4 is 0 Å². The van der Waals surface area contributed by atoms with Crippen LogP contribution in [0.3, 0.4) is 0 Å². The molecule has 0 aliphatic carbocycles. The highest BCUT2D eigenvalue weighted by Crippen LogP contribution is 2.30. The lowest BCUT2D eigenvalue weighted by atomic mass is 9.86. The largest absolute Gasteiger partial charge is 0.305 e. The van der Waals surface area contributed by atoms with Gasteiger partial charge in [-0.1, -0.05) is 12.1 Å². The molecule has 81 valence electrons. The molecule has 0 spiro atoms. The molecule has 1 aliphatic rings. The summed E-state index contributed by atoms with van der Waals surface area (Å²) in [5.74, 6) is -0.266. The van der Waals surface area contributed by atoms with Crippen LogP contribution in [0, 0.1) is 11.9 Å². The molecule has 0 bridgehead atoms. The van der Waals surface area contributed by atoms with E-state index < -0.39 is 0 Å². The molecule has 0 aromatic heterocycles. The maximum Gasteiger partial charge on any atom is 0.131 e. The second kappa shape index (κ2) is 3.93. The van der Waals surface area contributed by atoms with Gasteiger partial charge in [0.2, 0.25) is 0 Å². The number of halogens is 1. The molecule has 2 rings (SSSR count). The molecule has 1 atom stereocenters. The van der Waals surface area contributed by atoms with Gasteiger partial charge in [-0.3, -0.25) is 0 Å². The third-order valence-electron chi connectivity index (χ3n) is 3.05. The lowest BCUT2D eigenvalue weighted by Crippen LogP contribution is -2.44. The summed E-state index contributed by atoms with van der Waals surface area (Å²) in [6.07, 6.45) is 3.47. The van der Waals surface area contributed by atoms with Gasteiger partial charge in [-0.05, 0) is 44.7 Å². The first-order chi connectivity index (χ1) is 7.07. The molecule has 1 N–H and O–H groups in total. The normalized spacial score (nSPS) is 25.1. The van der Waals surface area contributed by atoms with Crippen LogP contribution in [0.2, 0.25) is 0 Å². The van der Waals surface area contributed by atoms with E-state index >= 15 is 0 Å². The molecule has 1 aromatic carbocycles. The molecule has 15 heavy (non-hydrogen) atoms. The summed E-state index contributed by atoms with van der Waals surface area (Å²) in [7, 11) is 0. The molecule has 1 aromatic rings. The highest BCUT2D eigenvalue weighted by Gasteiger charge is 2.27. The van der Waals surface area contributed by atoms with Crippen molar-refractivity contribution in [3.05, 3.63) is 35.6 Å². The number of hydrogen-bond donors (Lipinski definition) is 1. The van der Waals surface area contributed by atoms with E-state index in [-0.39, 0.29) is 17.4 Å². The van der Waals surface area contributed by atoms with Crippen molar-refractivity contribution in [3.63, 3.8) is 0 Å². The van der Waals surface area contributed by atoms with Gasteiger partial charge in [0, 0.05) is 17.6 Å². The van der Waals surface area contributed by atoms with E-state index in [1.54, 1.807) is 12.1 Å². The minimum absolute atomic E-state index is 0.166. The van der Waals surface area contributed by atoms with Crippen LogP contribution in [0.5, 0.6) is 0 Å². The van der Waals surface area contributed by atoms with Crippen molar-refractivity contribution in [1.82, 2.24) is 5.32 Å². The Morgan fingerprint density at radius 2 is 2.33 bits per heavy atom. The third-order valence-corrected chi connectivity index (χ3v) is 3.05. The van der Waals surface area contributed by atoms with Crippen LogP contribution in [0.15, 0.2) is 18.2 Å². The Morgan fingerprint density at radius 3 is 3.00 bits per heavy atom. The van der Waals surface area contributed by atoms with Crippen LogP contribution < -0.4 is 5.32 Å². The molecule has 1 nitrogen and oxygen atoms in total. The van der Waals surface area contributed by atoms with Gasteiger partial charge in [0.1, 0.15) is 5.82 Å². The highest BCUT2D eigenvalue weighted by atomic mass is 19.1. The first kappa shape index (κ1) is 10.6. The number of hydrogen-bond acceptors (Lipinski definition) is 1. The highest BCUT2D eigenvalue weighted by molar-refractivity contribution is 5.20. The molecule has 1 fully saturated rings. The smallest absolute Gasteiger partial charge is 0.131 e. The standard InChI is InChI=1S/C13H17FN/c1-13(2)8-4-7-12(15-13)10-5-3-6-11(14)9-10/h3,5,9,12,15H,4,7-8H2,1-2H3/t12-/m1/s1. The summed E-state index contributed by atoms with van der Waals surface area (Å²) in [6, 6.07) is 8.02. The summed E-state index contributed by atoms with van der Waals surface area (Å²) in [5, 5.41) is 3.56. The van der Waals surface area contributed by atoms with Crippen molar-refractivity contribution in [2.45, 2.75) is 44.7 Å². The zero-order chi connectivity index (χ0) is 10.9. The van der Waals surface area contributed by atoms with E-state index in [0.29, 0.717) is 0 Å². The maximum atomic E-state index is 13.0. The molecule has 2 heteroatoms. The second-order valence-corrected chi connectivity index (χ2v) is 4.94. The van der Waals surface area contributed by atoms with E-state index in [9.17, 15) is 4.39 Å². The summed E-state index contributed by atoms with van der Waals surface area (Å²) in [6.45, 7) is 4.40. The van der Waals surface area contributed by atoms with Gasteiger partial charge >= 0.3 is 0 Å². The van der Waals surface area contributed by atoms with E-state index in [4.69, 9.17) is 0 Å². The predicted molar refractivity (Wildman–Crippen MR) is 59.0 cm³/mol. The van der Waals surface area contributed by atoms with Crippen LogP contribution >= 0.6 is 0 Å². The zero-order valence-corrected chi connectivity index (χ0v) is 9.31. The molecular formula is C13H17FN. The fourth-order valence-electron chi connectivity index (χ4n) is 2.28. The van der Waals surface area contributed by atoms with Crippen molar-refractivity contribution < 1.29 is 4.39 Å². The molecular weight excluding hydrogens is 189 g/mol. The Bertz CT molecular complexity index is 346. The monoisotopic (exact) mass is 206 g/mol. The average molecular weight is 206 g/mol. The molecule has 1 radical (unpaired) electrons. The third kappa shape index (κ3) is 2.57. The van der Waals surface area contributed by atoms with Crippen LogP contribution in [-0.4, -0.2) is 5.54 Å². The summed E-state index contributed by atoms with van der Waals surface area (Å²) in [4.78, 5) is 0. The summed E-state index contributed by atoms with van der Waals surface area (Å²) in [5.41, 5.74) is 1.21. The number of rotatable bonds is 1. The van der Waals surface area contributed by atoms with Crippen molar-refractivity contribution in [2.75, 3.05) is 0 Å². The fourth-order valence-corrected chi connectivity index (χ4v) is 2.28. The van der Waals surface area contributed by atoms with Crippen LogP contribution in [0.1, 0.15) is 44.7 Å². The van der Waals surface area contributed by atoms with Crippen molar-refractivity contribution in [1.29, 1.82) is 0 Å². The van der Waals surface area contributed by atoms with Crippen molar-refractivity contribution in [2.24, 2.45) is 0 Å². The molecule has 0 saturated carbocycles. The lowest BCUT2D eigenvalue weighted by molar-refractivity contribution is 0.245. The molecule has 1 saturated heterocycles. The zero-order valence-electron chi connectivity index (χ0n) is 9.31. The second-order valence-electron chi connectivity index (χ2n) is 4.94. The lowest BCUT2D eigenvalue weighted by Gasteiger charge is -2.37. The SMILES string of the molecule is CC1(C)CCC[C@H](c2cc[c]c(F)c2)N1. The minimum atomic E-state index is -0.266. The Balaban J connectivity index is 2.17. The minimum Gasteiger partial charge on any atom is -0.305 e. The molecule has 0 unspecified atom stereocenters. The molecule has 1 aliphatic heterocycles. The Kier molecular flexibility index (Phi) is 2.79. The predicted octanol–water partition coefficient (Wildman–Crippen LogP) is 3.22. The van der Waals surface area contributed by atoms with E-state index in [2.05, 4.69) is 25.2 Å². The van der Waals surface area contributed by atoms with E-state index in [0.717, 1.165) is 12.0 Å². The quantitative estimate of drug-likeness (QED) is 0.744. The van der Waals surface area contributed by atoms with Crippen LogP contribution in [0.4, 0.5) is 4.39 Å². The topological polar surface area (TPSA) is 12.0 Å². The van der Waals surface area contributed by atoms with Gasteiger partial charge < -0.3 is 5.32 Å². The first-order valence-corrected chi connectivity index (χ1v) is 5.52. The Labute approximate surface area is 90.7 Å². The Hall–Kier alpha value is -0.890. The fraction of sp³-hybridized carbons (Fsp3) is 0.538. The van der Waals surface area contributed by atoms with Gasteiger partial charge in [-0.25, -0.2) is 4.39 Å². The average Bonchev–Trinajstić information content (AvgIpc) is 2.16. The summed E-state index contributed by atoms with van der Waals surface area (Å²) >= 11 is 0. The van der Waals surface area contributed by atoms with Gasteiger partial charge in [0.25, 0.3) is 0 Å². The van der Waals surface area contributed by atoms with Crippen molar-refractivity contribution in [3.8, 4) is 0 Å². The van der Waals surface area contributed by atoms with Crippen LogP contribution in [0.25, 0.3) is 0 Å². The first-order valence-electron chi connectivity index (χ1n) is 5.52. The molecule has 1 heterocycles. The van der Waals surface area contributed by atoms with Crippen LogP contribution in [-0.2, 0) is 0 Å². The van der Waals surface area contributed by atoms with E-state index in [1.165, 1.54) is 12.8 Å². The number of benzene rings is 1. The molecule has 0 amide bonds. The van der Waals surface area contributed by atoms with E-state index in [1.807, 2.05) is 6.07 Å². The van der Waals surface area contributed by atoms with Gasteiger partial charge in [-0.15, -0.1) is 0 Å². The number of nitrogens with one attached hydrogen (secondary N) is 1. The van der Waals surface area contributed by atoms with Gasteiger partial charge in [-0.2, -0.15) is 0 Å². The maximum absolute atomic E-state index is 13.0. The van der Waals surface area contributed by atoms with Gasteiger partial charge in [0.15, 0.2) is 0 Å². The van der Waals surface area contributed by atoms with Gasteiger partial charge in [0.05, 0.1) is 0 Å². The number of piperidine rings is 1. The summed E-state index contributed by atoms with van der Waals surface area (Å²) < 4.78 is 13.0.